The molecule has 0 aromatic heterocycles. The van der Waals surface area contributed by atoms with Gasteiger partial charge in [-0.15, -0.1) is 0 Å². The largest absolute Gasteiger partial charge is 0.384 e. The topological polar surface area (TPSA) is 40.5 Å². The molecule has 0 bridgehead atoms. The van der Waals surface area contributed by atoms with Crippen molar-refractivity contribution in [3.63, 3.8) is 0 Å². The number of hydrogen-bond donors (Lipinski definition) is 1. The maximum absolute atomic E-state index is 12.3. The average Bonchev–Trinajstić information content (AvgIpc) is 3.11. The summed E-state index contributed by atoms with van der Waals surface area (Å²) in [6.07, 6.45) is 1.20. The Morgan fingerprint density at radius 2 is 2.25 bits per heavy atom. The maximum Gasteiger partial charge on any atom is 0.253 e. The summed E-state index contributed by atoms with van der Waals surface area (Å²) in [6.45, 7) is 2.79. The predicted octanol–water partition coefficient (Wildman–Crippen LogP) is 2.41. The van der Waals surface area contributed by atoms with Crippen LogP contribution in [-0.4, -0.2) is 36.1 Å². The van der Waals surface area contributed by atoms with Crippen LogP contribution in [0.3, 0.4) is 0 Å². The second-order valence-electron chi connectivity index (χ2n) is 5.31. The molecule has 1 fully saturated rings. The van der Waals surface area contributed by atoms with Crippen LogP contribution in [0.25, 0.3) is 0 Å². The lowest BCUT2D eigenvalue weighted by Crippen LogP contribution is -2.29. The molecule has 0 radical (unpaired) electrons. The van der Waals surface area contributed by atoms with Crippen LogP contribution < -0.4 is 0 Å². The Bertz CT molecular complexity index is 574. The van der Waals surface area contributed by atoms with Crippen molar-refractivity contribution in [1.82, 2.24) is 4.90 Å². The van der Waals surface area contributed by atoms with Gasteiger partial charge in [-0.1, -0.05) is 30.4 Å². The molecule has 1 aliphatic rings. The number of aliphatic hydroxyl groups is 1. The van der Waals surface area contributed by atoms with Gasteiger partial charge in [-0.3, -0.25) is 4.79 Å². The minimum atomic E-state index is -0.209. The molecule has 1 aromatic rings. The SMILES string of the molecule is CC1CC1CN(C)C(=O)c1ccc(C#CCO)c(Cl)c1. The van der Waals surface area contributed by atoms with Crippen LogP contribution in [0.5, 0.6) is 0 Å². The van der Waals surface area contributed by atoms with Gasteiger partial charge in [-0.25, -0.2) is 0 Å². The highest BCUT2D eigenvalue weighted by Crippen LogP contribution is 2.38. The average molecular weight is 292 g/mol. The number of halogens is 1. The van der Waals surface area contributed by atoms with Crippen LogP contribution in [0.1, 0.15) is 29.3 Å². The van der Waals surface area contributed by atoms with Gasteiger partial charge in [0.15, 0.2) is 0 Å². The van der Waals surface area contributed by atoms with Crippen LogP contribution in [0, 0.1) is 23.7 Å². The molecule has 0 saturated heterocycles. The second-order valence-corrected chi connectivity index (χ2v) is 5.72. The lowest BCUT2D eigenvalue weighted by molar-refractivity contribution is 0.0787. The molecule has 2 atom stereocenters. The molecule has 3 nitrogen and oxygen atoms in total. The van der Waals surface area contributed by atoms with Gasteiger partial charge < -0.3 is 10.0 Å². The lowest BCUT2D eigenvalue weighted by atomic mass is 10.1. The number of carbonyl (C=O) groups excluding carboxylic acids is 1. The third-order valence-electron chi connectivity index (χ3n) is 3.65. The molecule has 20 heavy (non-hydrogen) atoms. The second kappa shape index (κ2) is 6.30. The van der Waals surface area contributed by atoms with Crippen LogP contribution in [0.2, 0.25) is 5.02 Å². The van der Waals surface area contributed by atoms with E-state index in [9.17, 15) is 4.79 Å². The van der Waals surface area contributed by atoms with E-state index in [0.717, 1.165) is 12.5 Å². The minimum absolute atomic E-state index is 0.0207. The highest BCUT2D eigenvalue weighted by atomic mass is 35.5. The summed E-state index contributed by atoms with van der Waals surface area (Å²) in [7, 11) is 1.82. The minimum Gasteiger partial charge on any atom is -0.384 e. The standard InChI is InChI=1S/C16H18ClNO2/c1-11-8-14(11)10-18(2)16(20)13-6-5-12(4-3-7-19)15(17)9-13/h5-6,9,11,14,19H,7-8,10H2,1-2H3. The summed E-state index contributed by atoms with van der Waals surface area (Å²) < 4.78 is 0. The van der Waals surface area contributed by atoms with E-state index in [1.54, 1.807) is 23.1 Å². The van der Waals surface area contributed by atoms with Crippen molar-refractivity contribution in [1.29, 1.82) is 0 Å². The first-order valence-electron chi connectivity index (χ1n) is 6.67. The monoisotopic (exact) mass is 291 g/mol. The number of rotatable bonds is 3. The summed E-state index contributed by atoms with van der Waals surface area (Å²) in [6, 6.07) is 5.08. The number of carbonyl (C=O) groups is 1. The molecule has 0 aliphatic heterocycles. The summed E-state index contributed by atoms with van der Waals surface area (Å²) in [5.41, 5.74) is 1.19. The third kappa shape index (κ3) is 3.53. The van der Waals surface area contributed by atoms with Crippen LogP contribution in [-0.2, 0) is 0 Å². The number of benzene rings is 1. The van der Waals surface area contributed by atoms with Gasteiger partial charge >= 0.3 is 0 Å². The normalized spacial score (nSPS) is 20.0. The van der Waals surface area contributed by atoms with Gasteiger partial charge in [-0.05, 0) is 36.5 Å². The van der Waals surface area contributed by atoms with Crippen LogP contribution in [0.15, 0.2) is 18.2 Å². The molecule has 2 unspecified atom stereocenters. The van der Waals surface area contributed by atoms with E-state index in [0.29, 0.717) is 22.1 Å². The number of aliphatic hydroxyl groups excluding tert-OH is 1. The fraction of sp³-hybridized carbons (Fsp3) is 0.438. The van der Waals surface area contributed by atoms with Gasteiger partial charge in [0.25, 0.3) is 5.91 Å². The molecule has 1 aliphatic carbocycles. The molecule has 2 rings (SSSR count). The lowest BCUT2D eigenvalue weighted by Gasteiger charge is -2.17. The van der Waals surface area contributed by atoms with Crippen molar-refractivity contribution in [2.45, 2.75) is 13.3 Å². The third-order valence-corrected chi connectivity index (χ3v) is 3.96. The maximum atomic E-state index is 12.3. The van der Waals surface area contributed by atoms with E-state index < -0.39 is 0 Å². The molecule has 4 heteroatoms. The molecule has 0 spiro atoms. The number of amides is 1. The number of hydrogen-bond acceptors (Lipinski definition) is 2. The van der Waals surface area contributed by atoms with E-state index in [2.05, 4.69) is 18.8 Å². The number of nitrogens with zero attached hydrogens (tertiary/aromatic N) is 1. The molecular formula is C16H18ClNO2. The van der Waals surface area contributed by atoms with E-state index in [4.69, 9.17) is 16.7 Å². The predicted molar refractivity (Wildman–Crippen MR) is 79.6 cm³/mol. The molecule has 0 heterocycles. The molecule has 106 valence electrons. The van der Waals surface area contributed by atoms with Crippen molar-refractivity contribution in [2.24, 2.45) is 11.8 Å². The van der Waals surface area contributed by atoms with Crippen molar-refractivity contribution in [3.8, 4) is 11.8 Å². The zero-order valence-electron chi connectivity index (χ0n) is 11.7. The zero-order chi connectivity index (χ0) is 14.7. The Balaban J connectivity index is 2.08. The Morgan fingerprint density at radius 3 is 2.80 bits per heavy atom. The summed E-state index contributed by atoms with van der Waals surface area (Å²) in [5, 5.41) is 9.10. The van der Waals surface area contributed by atoms with Crippen molar-refractivity contribution in [3.05, 3.63) is 34.3 Å². The van der Waals surface area contributed by atoms with Gasteiger partial charge in [0.1, 0.15) is 6.61 Å². The Labute approximate surface area is 124 Å². The fourth-order valence-electron chi connectivity index (χ4n) is 2.19. The first-order valence-corrected chi connectivity index (χ1v) is 7.05. The Kier molecular flexibility index (Phi) is 4.69. The smallest absolute Gasteiger partial charge is 0.253 e. The van der Waals surface area contributed by atoms with Crippen molar-refractivity contribution >= 4 is 17.5 Å². The van der Waals surface area contributed by atoms with Crippen molar-refractivity contribution < 1.29 is 9.90 Å². The fourth-order valence-corrected chi connectivity index (χ4v) is 2.42. The molecule has 1 amide bonds. The first kappa shape index (κ1) is 14.9. The zero-order valence-corrected chi connectivity index (χ0v) is 12.4. The van der Waals surface area contributed by atoms with Crippen LogP contribution in [0.4, 0.5) is 0 Å². The van der Waals surface area contributed by atoms with Crippen molar-refractivity contribution in [2.75, 3.05) is 20.2 Å². The molecular weight excluding hydrogens is 274 g/mol. The quantitative estimate of drug-likeness (QED) is 0.869. The van der Waals surface area contributed by atoms with Gasteiger partial charge in [0.2, 0.25) is 0 Å². The molecule has 1 N–H and O–H groups in total. The van der Waals surface area contributed by atoms with E-state index in [1.165, 1.54) is 6.42 Å². The Morgan fingerprint density at radius 1 is 1.55 bits per heavy atom. The van der Waals surface area contributed by atoms with Gasteiger partial charge in [0, 0.05) is 24.7 Å². The van der Waals surface area contributed by atoms with Gasteiger partial charge in [0.05, 0.1) is 5.02 Å². The first-order chi connectivity index (χ1) is 9.52. The van der Waals surface area contributed by atoms with E-state index >= 15 is 0 Å². The molecule has 1 aromatic carbocycles. The summed E-state index contributed by atoms with van der Waals surface area (Å²) in [5.74, 6) is 6.63. The summed E-state index contributed by atoms with van der Waals surface area (Å²) >= 11 is 6.10. The Hall–Kier alpha value is -1.50. The summed E-state index contributed by atoms with van der Waals surface area (Å²) in [4.78, 5) is 14.0. The van der Waals surface area contributed by atoms with Gasteiger partial charge in [-0.2, -0.15) is 0 Å². The van der Waals surface area contributed by atoms with E-state index in [-0.39, 0.29) is 12.5 Å². The molecule has 1 saturated carbocycles. The van der Waals surface area contributed by atoms with Crippen LogP contribution >= 0.6 is 11.6 Å². The van der Waals surface area contributed by atoms with E-state index in [1.807, 2.05) is 7.05 Å². The highest BCUT2D eigenvalue weighted by Gasteiger charge is 2.34. The highest BCUT2D eigenvalue weighted by molar-refractivity contribution is 6.32.